The van der Waals surface area contributed by atoms with Crippen molar-refractivity contribution in [1.29, 1.82) is 0 Å². The van der Waals surface area contributed by atoms with Crippen molar-refractivity contribution < 1.29 is 4.79 Å². The Morgan fingerprint density at radius 1 is 1.33 bits per heavy atom. The number of amides is 1. The van der Waals surface area contributed by atoms with Crippen LogP contribution in [-0.2, 0) is 4.79 Å². The summed E-state index contributed by atoms with van der Waals surface area (Å²) in [5.41, 5.74) is 8.30. The number of aryl methyl sites for hydroxylation is 1. The van der Waals surface area contributed by atoms with Gasteiger partial charge in [-0.25, -0.2) is 0 Å². The molecule has 4 nitrogen and oxygen atoms in total. The lowest BCUT2D eigenvalue weighted by Crippen LogP contribution is -2.44. The molecule has 0 unspecified atom stereocenters. The molecule has 116 valence electrons. The highest BCUT2D eigenvalue weighted by Gasteiger charge is 2.24. The average molecular weight is 289 g/mol. The van der Waals surface area contributed by atoms with Crippen LogP contribution >= 0.6 is 0 Å². The normalized spacial score (nSPS) is 23.0. The number of hydrogen-bond acceptors (Lipinski definition) is 3. The zero-order valence-electron chi connectivity index (χ0n) is 13.4. The minimum absolute atomic E-state index is 0.0636. The lowest BCUT2D eigenvalue weighted by Gasteiger charge is -2.38. The fourth-order valence-electron chi connectivity index (χ4n) is 3.13. The van der Waals surface area contributed by atoms with E-state index in [-0.39, 0.29) is 5.91 Å². The maximum absolute atomic E-state index is 12.2. The Bertz CT molecular complexity index is 491. The number of nitrogens with two attached hydrogens (primary N) is 1. The Morgan fingerprint density at radius 2 is 2.00 bits per heavy atom. The van der Waals surface area contributed by atoms with E-state index in [4.69, 9.17) is 5.73 Å². The van der Waals surface area contributed by atoms with Crippen LogP contribution < -0.4 is 11.1 Å². The van der Waals surface area contributed by atoms with Crippen LogP contribution in [0.3, 0.4) is 0 Å². The van der Waals surface area contributed by atoms with Gasteiger partial charge in [-0.05, 0) is 51.3 Å². The highest BCUT2D eigenvalue weighted by atomic mass is 16.1. The molecule has 1 fully saturated rings. The van der Waals surface area contributed by atoms with Gasteiger partial charge in [-0.2, -0.15) is 0 Å². The van der Waals surface area contributed by atoms with Crippen molar-refractivity contribution in [2.24, 2.45) is 0 Å². The molecule has 0 saturated carbocycles. The molecule has 1 heterocycles. The van der Waals surface area contributed by atoms with E-state index in [1.807, 2.05) is 25.1 Å². The molecule has 1 saturated heterocycles. The van der Waals surface area contributed by atoms with Crippen LogP contribution in [0.15, 0.2) is 18.2 Å². The largest absolute Gasteiger partial charge is 0.399 e. The Hall–Kier alpha value is -1.55. The summed E-state index contributed by atoms with van der Waals surface area (Å²) in [6, 6.07) is 6.76. The summed E-state index contributed by atoms with van der Waals surface area (Å²) in [6.07, 6.45) is 4.30. The molecule has 2 atom stereocenters. The number of benzene rings is 1. The molecule has 2 rings (SSSR count). The van der Waals surface area contributed by atoms with Gasteiger partial charge in [0, 0.05) is 36.4 Å². The molecule has 1 amide bonds. The monoisotopic (exact) mass is 289 g/mol. The van der Waals surface area contributed by atoms with Crippen molar-refractivity contribution in [3.05, 3.63) is 23.8 Å². The predicted octanol–water partition coefficient (Wildman–Crippen LogP) is 3.17. The van der Waals surface area contributed by atoms with E-state index in [0.29, 0.717) is 24.2 Å². The third-order valence-electron chi connectivity index (χ3n) is 4.51. The summed E-state index contributed by atoms with van der Waals surface area (Å²) in [5, 5.41) is 2.97. The van der Waals surface area contributed by atoms with Gasteiger partial charge in [0.2, 0.25) is 5.91 Å². The molecular weight excluding hydrogens is 262 g/mol. The van der Waals surface area contributed by atoms with Gasteiger partial charge in [0.15, 0.2) is 0 Å². The summed E-state index contributed by atoms with van der Waals surface area (Å²) in [6.45, 7) is 7.32. The van der Waals surface area contributed by atoms with Gasteiger partial charge in [-0.15, -0.1) is 0 Å². The fraction of sp³-hybridized carbons (Fsp3) is 0.588. The van der Waals surface area contributed by atoms with Crippen LogP contribution in [0.2, 0.25) is 0 Å². The molecule has 0 aromatic heterocycles. The Kier molecular flexibility index (Phi) is 5.23. The summed E-state index contributed by atoms with van der Waals surface area (Å²) in [7, 11) is 0. The van der Waals surface area contributed by atoms with Crippen LogP contribution in [-0.4, -0.2) is 29.4 Å². The zero-order valence-corrected chi connectivity index (χ0v) is 13.4. The Morgan fingerprint density at radius 3 is 2.67 bits per heavy atom. The summed E-state index contributed by atoms with van der Waals surface area (Å²) < 4.78 is 0. The number of rotatable bonds is 4. The van der Waals surface area contributed by atoms with E-state index in [1.54, 1.807) is 0 Å². The molecule has 4 heteroatoms. The lowest BCUT2D eigenvalue weighted by atomic mass is 9.97. The minimum atomic E-state index is 0.0636. The maximum Gasteiger partial charge on any atom is 0.225 e. The van der Waals surface area contributed by atoms with Gasteiger partial charge >= 0.3 is 0 Å². The first-order chi connectivity index (χ1) is 9.97. The van der Waals surface area contributed by atoms with Crippen LogP contribution in [0.5, 0.6) is 0 Å². The first kappa shape index (κ1) is 15.8. The molecular formula is C17H27N3O. The maximum atomic E-state index is 12.2. The predicted molar refractivity (Wildman–Crippen MR) is 88.3 cm³/mol. The zero-order chi connectivity index (χ0) is 15.4. The second kappa shape index (κ2) is 6.94. The molecule has 1 aromatic rings. The number of hydrogen-bond donors (Lipinski definition) is 2. The summed E-state index contributed by atoms with van der Waals surface area (Å²) in [5.74, 6) is 0.0636. The van der Waals surface area contributed by atoms with Gasteiger partial charge in [-0.1, -0.05) is 12.5 Å². The van der Waals surface area contributed by atoms with Crippen molar-refractivity contribution in [3.63, 3.8) is 0 Å². The van der Waals surface area contributed by atoms with Crippen molar-refractivity contribution in [3.8, 4) is 0 Å². The molecule has 0 aliphatic carbocycles. The van der Waals surface area contributed by atoms with Crippen LogP contribution in [0.25, 0.3) is 0 Å². The van der Waals surface area contributed by atoms with Crippen LogP contribution in [0, 0.1) is 6.92 Å². The van der Waals surface area contributed by atoms with E-state index in [9.17, 15) is 4.79 Å². The first-order valence-electron chi connectivity index (χ1n) is 7.89. The van der Waals surface area contributed by atoms with E-state index in [1.165, 1.54) is 19.3 Å². The Balaban J connectivity index is 1.88. The SMILES string of the molecule is Cc1ccc(N)cc1NC(=O)CCN1[C@H](C)CCC[C@@H]1C. The van der Waals surface area contributed by atoms with Crippen LogP contribution in [0.4, 0.5) is 11.4 Å². The molecule has 0 spiro atoms. The third kappa shape index (κ3) is 4.21. The second-order valence-electron chi connectivity index (χ2n) is 6.24. The average Bonchev–Trinajstić information content (AvgIpc) is 2.42. The van der Waals surface area contributed by atoms with E-state index in [2.05, 4.69) is 24.1 Å². The van der Waals surface area contributed by atoms with Gasteiger partial charge < -0.3 is 11.1 Å². The van der Waals surface area contributed by atoms with Crippen molar-refractivity contribution in [2.45, 2.75) is 58.5 Å². The van der Waals surface area contributed by atoms with Gasteiger partial charge in [0.05, 0.1) is 0 Å². The fourth-order valence-corrected chi connectivity index (χ4v) is 3.13. The topological polar surface area (TPSA) is 58.4 Å². The molecule has 0 radical (unpaired) electrons. The summed E-state index contributed by atoms with van der Waals surface area (Å²) >= 11 is 0. The number of carbonyl (C=O) groups excluding carboxylic acids is 1. The van der Waals surface area contributed by atoms with Crippen molar-refractivity contribution >= 4 is 17.3 Å². The second-order valence-corrected chi connectivity index (χ2v) is 6.24. The third-order valence-corrected chi connectivity index (χ3v) is 4.51. The molecule has 1 aromatic carbocycles. The highest BCUT2D eigenvalue weighted by molar-refractivity contribution is 5.92. The lowest BCUT2D eigenvalue weighted by molar-refractivity contribution is -0.116. The van der Waals surface area contributed by atoms with E-state index in [0.717, 1.165) is 17.8 Å². The smallest absolute Gasteiger partial charge is 0.225 e. The van der Waals surface area contributed by atoms with Crippen LogP contribution in [0.1, 0.15) is 45.1 Å². The van der Waals surface area contributed by atoms with Crippen molar-refractivity contribution in [2.75, 3.05) is 17.6 Å². The number of nitrogen functional groups attached to an aromatic ring is 1. The van der Waals surface area contributed by atoms with Gasteiger partial charge in [-0.3, -0.25) is 9.69 Å². The van der Waals surface area contributed by atoms with Crippen molar-refractivity contribution in [1.82, 2.24) is 4.90 Å². The molecule has 21 heavy (non-hydrogen) atoms. The van der Waals surface area contributed by atoms with E-state index >= 15 is 0 Å². The van der Waals surface area contributed by atoms with E-state index < -0.39 is 0 Å². The molecule has 3 N–H and O–H groups in total. The highest BCUT2D eigenvalue weighted by Crippen LogP contribution is 2.23. The number of piperidine rings is 1. The number of anilines is 2. The van der Waals surface area contributed by atoms with Gasteiger partial charge in [0.25, 0.3) is 0 Å². The molecule has 1 aliphatic rings. The first-order valence-corrected chi connectivity index (χ1v) is 7.89. The standard InChI is InChI=1S/C17H27N3O/c1-12-7-8-15(18)11-16(12)19-17(21)9-10-20-13(2)5-4-6-14(20)3/h7-8,11,13-14H,4-6,9-10,18H2,1-3H3,(H,19,21)/t13-,14+. The summed E-state index contributed by atoms with van der Waals surface area (Å²) in [4.78, 5) is 14.6. The molecule has 0 bridgehead atoms. The number of nitrogens with one attached hydrogen (secondary N) is 1. The quantitative estimate of drug-likeness (QED) is 0.837. The molecule has 1 aliphatic heterocycles. The number of carbonyl (C=O) groups is 1. The number of likely N-dealkylation sites (tertiary alicyclic amines) is 1. The minimum Gasteiger partial charge on any atom is -0.399 e. The van der Waals surface area contributed by atoms with Gasteiger partial charge in [0.1, 0.15) is 0 Å². The number of nitrogens with zero attached hydrogens (tertiary/aromatic N) is 1. The Labute approximate surface area is 127 Å².